The zero-order chi connectivity index (χ0) is 15.6. The first-order valence-corrected chi connectivity index (χ1v) is 7.18. The zero-order valence-electron chi connectivity index (χ0n) is 12.8. The minimum Gasteiger partial charge on any atom is -0.472 e. The lowest BCUT2D eigenvalue weighted by molar-refractivity contribution is -0.136. The number of amides is 2. The fourth-order valence-corrected chi connectivity index (χ4v) is 2.57. The summed E-state index contributed by atoms with van der Waals surface area (Å²) < 4.78 is 4.86. The van der Waals surface area contributed by atoms with Crippen molar-refractivity contribution in [2.75, 3.05) is 13.1 Å². The third-order valence-electron chi connectivity index (χ3n) is 4.13. The maximum atomic E-state index is 12.4. The second-order valence-corrected chi connectivity index (χ2v) is 6.35. The summed E-state index contributed by atoms with van der Waals surface area (Å²) in [4.78, 5) is 26.1. The summed E-state index contributed by atoms with van der Waals surface area (Å²) in [7, 11) is 0. The van der Waals surface area contributed by atoms with Gasteiger partial charge in [0.15, 0.2) is 0 Å². The number of piperidine rings is 1. The molecule has 116 valence electrons. The number of rotatable bonds is 3. The van der Waals surface area contributed by atoms with E-state index in [0.29, 0.717) is 18.7 Å². The minimum atomic E-state index is -0.572. The molecule has 3 N–H and O–H groups in total. The van der Waals surface area contributed by atoms with Crippen LogP contribution in [0.4, 0.5) is 0 Å². The molecule has 0 spiro atoms. The summed E-state index contributed by atoms with van der Waals surface area (Å²) in [6, 6.07) is 1.09. The van der Waals surface area contributed by atoms with Crippen LogP contribution in [0.1, 0.15) is 37.6 Å². The molecule has 1 aliphatic rings. The third-order valence-corrected chi connectivity index (χ3v) is 4.13. The summed E-state index contributed by atoms with van der Waals surface area (Å²) in [5.74, 6) is -0.385. The van der Waals surface area contributed by atoms with Crippen LogP contribution in [-0.2, 0) is 4.79 Å². The molecular weight excluding hydrogens is 270 g/mol. The summed E-state index contributed by atoms with van der Waals surface area (Å²) in [5.41, 5.74) is 6.38. The minimum absolute atomic E-state index is 0.0770. The highest BCUT2D eigenvalue weighted by Crippen LogP contribution is 2.27. The van der Waals surface area contributed by atoms with Crippen LogP contribution in [0.2, 0.25) is 0 Å². The van der Waals surface area contributed by atoms with Crippen molar-refractivity contribution in [2.45, 2.75) is 39.3 Å². The van der Waals surface area contributed by atoms with E-state index < -0.39 is 6.04 Å². The van der Waals surface area contributed by atoms with E-state index in [4.69, 9.17) is 10.2 Å². The SMILES string of the molecule is CC(NC(=O)c1ccoc1)C(=O)N1CCC(N)C(C)(C)C1. The van der Waals surface area contributed by atoms with Crippen molar-refractivity contribution in [3.05, 3.63) is 24.2 Å². The highest BCUT2D eigenvalue weighted by molar-refractivity contribution is 5.97. The van der Waals surface area contributed by atoms with E-state index in [1.165, 1.54) is 12.5 Å². The average Bonchev–Trinajstić information content (AvgIpc) is 2.95. The molecule has 1 aromatic heterocycles. The van der Waals surface area contributed by atoms with Crippen molar-refractivity contribution in [3.8, 4) is 0 Å². The van der Waals surface area contributed by atoms with Crippen molar-refractivity contribution in [1.82, 2.24) is 10.2 Å². The molecule has 21 heavy (non-hydrogen) atoms. The Balaban J connectivity index is 1.95. The third kappa shape index (κ3) is 3.44. The van der Waals surface area contributed by atoms with Crippen LogP contribution < -0.4 is 11.1 Å². The topological polar surface area (TPSA) is 88.6 Å². The Kier molecular flexibility index (Phi) is 4.37. The lowest BCUT2D eigenvalue weighted by Crippen LogP contribution is -2.57. The van der Waals surface area contributed by atoms with Gasteiger partial charge in [-0.15, -0.1) is 0 Å². The summed E-state index contributed by atoms with van der Waals surface area (Å²) in [6.45, 7) is 7.06. The lowest BCUT2D eigenvalue weighted by Gasteiger charge is -2.43. The first-order chi connectivity index (χ1) is 9.81. The van der Waals surface area contributed by atoms with E-state index in [0.717, 1.165) is 6.42 Å². The van der Waals surface area contributed by atoms with Crippen molar-refractivity contribution in [1.29, 1.82) is 0 Å². The van der Waals surface area contributed by atoms with Crippen LogP contribution >= 0.6 is 0 Å². The van der Waals surface area contributed by atoms with Gasteiger partial charge >= 0.3 is 0 Å². The Hall–Kier alpha value is -1.82. The summed E-state index contributed by atoms with van der Waals surface area (Å²) >= 11 is 0. The van der Waals surface area contributed by atoms with Gasteiger partial charge in [0.05, 0.1) is 11.8 Å². The molecule has 0 bridgehead atoms. The van der Waals surface area contributed by atoms with Crippen LogP contribution in [0.5, 0.6) is 0 Å². The largest absolute Gasteiger partial charge is 0.472 e. The number of nitrogens with two attached hydrogens (primary N) is 1. The molecule has 2 unspecified atom stereocenters. The second kappa shape index (κ2) is 5.89. The number of nitrogens with zero attached hydrogens (tertiary/aromatic N) is 1. The van der Waals surface area contributed by atoms with Crippen molar-refractivity contribution >= 4 is 11.8 Å². The van der Waals surface area contributed by atoms with E-state index in [2.05, 4.69) is 19.2 Å². The van der Waals surface area contributed by atoms with Crippen LogP contribution in [0.25, 0.3) is 0 Å². The van der Waals surface area contributed by atoms with Crippen LogP contribution in [0.15, 0.2) is 23.0 Å². The maximum Gasteiger partial charge on any atom is 0.255 e. The van der Waals surface area contributed by atoms with Gasteiger partial charge in [0, 0.05) is 19.1 Å². The Morgan fingerprint density at radius 2 is 2.24 bits per heavy atom. The van der Waals surface area contributed by atoms with Gasteiger partial charge in [0.25, 0.3) is 5.91 Å². The van der Waals surface area contributed by atoms with Crippen molar-refractivity contribution in [2.24, 2.45) is 11.1 Å². The molecule has 2 amide bonds. The summed E-state index contributed by atoms with van der Waals surface area (Å²) in [5, 5.41) is 2.70. The normalized spacial score (nSPS) is 22.7. The lowest BCUT2D eigenvalue weighted by atomic mass is 9.79. The molecule has 2 rings (SSSR count). The molecule has 1 fully saturated rings. The van der Waals surface area contributed by atoms with Gasteiger partial charge in [0.2, 0.25) is 5.91 Å². The predicted molar refractivity (Wildman–Crippen MR) is 78.6 cm³/mol. The average molecular weight is 293 g/mol. The highest BCUT2D eigenvalue weighted by Gasteiger charge is 2.36. The quantitative estimate of drug-likeness (QED) is 0.869. The van der Waals surface area contributed by atoms with Crippen molar-refractivity contribution < 1.29 is 14.0 Å². The molecule has 6 heteroatoms. The monoisotopic (exact) mass is 293 g/mol. The van der Waals surface area contributed by atoms with Gasteiger partial charge in [-0.25, -0.2) is 0 Å². The van der Waals surface area contributed by atoms with E-state index >= 15 is 0 Å². The molecule has 2 heterocycles. The number of furan rings is 1. The maximum absolute atomic E-state index is 12.4. The molecular formula is C15H23N3O3. The molecule has 6 nitrogen and oxygen atoms in total. The summed E-state index contributed by atoms with van der Waals surface area (Å²) in [6.07, 6.45) is 3.56. The number of carbonyl (C=O) groups is 2. The first kappa shape index (κ1) is 15.6. The smallest absolute Gasteiger partial charge is 0.255 e. The molecule has 0 aromatic carbocycles. The van der Waals surface area contributed by atoms with Gasteiger partial charge in [-0.3, -0.25) is 9.59 Å². The first-order valence-electron chi connectivity index (χ1n) is 7.18. The Bertz CT molecular complexity index is 510. The Labute approximate surface area is 124 Å². The fourth-order valence-electron chi connectivity index (χ4n) is 2.57. The van der Waals surface area contributed by atoms with E-state index in [-0.39, 0.29) is 23.3 Å². The standard InChI is InChI=1S/C15H23N3O3/c1-10(17-13(19)11-5-7-21-8-11)14(20)18-6-4-12(16)15(2,3)9-18/h5,7-8,10,12H,4,6,9,16H2,1-3H3,(H,17,19). The Morgan fingerprint density at radius 3 is 2.81 bits per heavy atom. The van der Waals surface area contributed by atoms with Gasteiger partial charge in [-0.05, 0) is 24.8 Å². The number of likely N-dealkylation sites (tertiary alicyclic amines) is 1. The molecule has 2 atom stereocenters. The predicted octanol–water partition coefficient (Wildman–Crippen LogP) is 0.984. The number of hydrogen-bond acceptors (Lipinski definition) is 4. The van der Waals surface area contributed by atoms with E-state index in [1.807, 2.05) is 0 Å². The molecule has 0 saturated carbocycles. The van der Waals surface area contributed by atoms with Crippen LogP contribution in [0.3, 0.4) is 0 Å². The van der Waals surface area contributed by atoms with Crippen LogP contribution in [-0.4, -0.2) is 41.9 Å². The van der Waals surface area contributed by atoms with Gasteiger partial charge in [0.1, 0.15) is 12.3 Å². The van der Waals surface area contributed by atoms with Crippen LogP contribution in [0, 0.1) is 5.41 Å². The van der Waals surface area contributed by atoms with Gasteiger partial charge in [-0.1, -0.05) is 13.8 Å². The zero-order valence-corrected chi connectivity index (χ0v) is 12.8. The molecule has 0 aliphatic carbocycles. The molecule has 1 aromatic rings. The van der Waals surface area contributed by atoms with Gasteiger partial charge in [-0.2, -0.15) is 0 Å². The molecule has 0 radical (unpaired) electrons. The molecule has 1 saturated heterocycles. The van der Waals surface area contributed by atoms with Crippen molar-refractivity contribution in [3.63, 3.8) is 0 Å². The molecule has 1 aliphatic heterocycles. The van der Waals surface area contributed by atoms with E-state index in [9.17, 15) is 9.59 Å². The van der Waals surface area contributed by atoms with Gasteiger partial charge < -0.3 is 20.4 Å². The number of carbonyl (C=O) groups excluding carboxylic acids is 2. The Morgan fingerprint density at radius 1 is 1.52 bits per heavy atom. The second-order valence-electron chi connectivity index (χ2n) is 6.35. The highest BCUT2D eigenvalue weighted by atomic mass is 16.3. The van der Waals surface area contributed by atoms with E-state index in [1.54, 1.807) is 17.9 Å². The number of nitrogens with one attached hydrogen (secondary N) is 1. The fraction of sp³-hybridized carbons (Fsp3) is 0.600. The number of hydrogen-bond donors (Lipinski definition) is 2.